The number of benzene rings is 1. The van der Waals surface area contributed by atoms with Crippen LogP contribution in [0.5, 0.6) is 0 Å². The van der Waals surface area contributed by atoms with E-state index in [0.717, 1.165) is 16.5 Å². The SMILES string of the molecule is CN(Cc1cnc2ccccc2c1)C(=O)CCC1(CCC(=O)O)CCC(=O)N1. The van der Waals surface area contributed by atoms with E-state index in [9.17, 15) is 14.4 Å². The number of aromatic nitrogens is 1. The van der Waals surface area contributed by atoms with E-state index in [-0.39, 0.29) is 24.7 Å². The van der Waals surface area contributed by atoms with Crippen LogP contribution in [0, 0.1) is 0 Å². The van der Waals surface area contributed by atoms with Gasteiger partial charge < -0.3 is 15.3 Å². The van der Waals surface area contributed by atoms with Crippen molar-refractivity contribution >= 4 is 28.7 Å². The van der Waals surface area contributed by atoms with E-state index in [0.29, 0.717) is 32.2 Å². The van der Waals surface area contributed by atoms with Crippen LogP contribution < -0.4 is 5.32 Å². The number of fused-ring (bicyclic) bond motifs is 1. The van der Waals surface area contributed by atoms with E-state index in [2.05, 4.69) is 10.3 Å². The van der Waals surface area contributed by atoms with Crippen LogP contribution in [0.4, 0.5) is 0 Å². The Morgan fingerprint density at radius 2 is 2.00 bits per heavy atom. The van der Waals surface area contributed by atoms with Gasteiger partial charge in [0.25, 0.3) is 0 Å². The summed E-state index contributed by atoms with van der Waals surface area (Å²) < 4.78 is 0. The number of carbonyl (C=O) groups excluding carboxylic acids is 2. The predicted octanol–water partition coefficient (Wildman–Crippen LogP) is 2.49. The Hall–Kier alpha value is -2.96. The minimum Gasteiger partial charge on any atom is -0.481 e. The van der Waals surface area contributed by atoms with Crippen LogP contribution in [0.25, 0.3) is 10.9 Å². The lowest BCUT2D eigenvalue weighted by molar-refractivity contribution is -0.137. The molecule has 0 aliphatic carbocycles. The van der Waals surface area contributed by atoms with Crippen LogP contribution in [-0.2, 0) is 20.9 Å². The number of carbonyl (C=O) groups is 3. The Balaban J connectivity index is 1.59. The van der Waals surface area contributed by atoms with Crippen molar-refractivity contribution in [3.63, 3.8) is 0 Å². The summed E-state index contributed by atoms with van der Waals surface area (Å²) in [5.74, 6) is -1.01. The molecule has 2 amide bonds. The zero-order valence-corrected chi connectivity index (χ0v) is 16.0. The van der Waals surface area contributed by atoms with E-state index >= 15 is 0 Å². The fourth-order valence-electron chi connectivity index (χ4n) is 3.72. The maximum atomic E-state index is 12.6. The Kier molecular flexibility index (Phi) is 5.92. The molecule has 7 nitrogen and oxygen atoms in total. The molecule has 0 radical (unpaired) electrons. The van der Waals surface area contributed by atoms with Gasteiger partial charge >= 0.3 is 5.97 Å². The van der Waals surface area contributed by atoms with Gasteiger partial charge in [0, 0.05) is 50.0 Å². The summed E-state index contributed by atoms with van der Waals surface area (Å²) in [5.41, 5.74) is 1.28. The summed E-state index contributed by atoms with van der Waals surface area (Å²) in [4.78, 5) is 41.3. The number of para-hydroxylation sites is 1. The first-order valence-corrected chi connectivity index (χ1v) is 9.47. The highest BCUT2D eigenvalue weighted by Crippen LogP contribution is 2.30. The van der Waals surface area contributed by atoms with Crippen molar-refractivity contribution in [2.75, 3.05) is 7.05 Å². The Morgan fingerprint density at radius 1 is 1.25 bits per heavy atom. The maximum absolute atomic E-state index is 12.6. The third-order valence-corrected chi connectivity index (χ3v) is 5.36. The number of rotatable bonds is 8. The first kappa shape index (κ1) is 19.8. The number of carboxylic acids is 1. The fraction of sp³-hybridized carbons (Fsp3) is 0.429. The van der Waals surface area contributed by atoms with Crippen molar-refractivity contribution in [3.05, 3.63) is 42.1 Å². The lowest BCUT2D eigenvalue weighted by Gasteiger charge is -2.29. The molecule has 1 saturated heterocycles. The molecule has 7 heteroatoms. The topological polar surface area (TPSA) is 99.6 Å². The van der Waals surface area contributed by atoms with Crippen molar-refractivity contribution in [3.8, 4) is 0 Å². The second-order valence-corrected chi connectivity index (χ2v) is 7.51. The lowest BCUT2D eigenvalue weighted by atomic mass is 9.86. The number of aliphatic carboxylic acids is 1. The minimum atomic E-state index is -0.896. The fourth-order valence-corrected chi connectivity index (χ4v) is 3.72. The van der Waals surface area contributed by atoms with Gasteiger partial charge in [0.1, 0.15) is 0 Å². The number of pyridine rings is 1. The van der Waals surface area contributed by atoms with Crippen LogP contribution in [-0.4, -0.2) is 45.4 Å². The van der Waals surface area contributed by atoms with Crippen LogP contribution in [0.1, 0.15) is 44.1 Å². The third kappa shape index (κ3) is 4.85. The second-order valence-electron chi connectivity index (χ2n) is 7.51. The molecule has 2 heterocycles. The van der Waals surface area contributed by atoms with Gasteiger partial charge in [0.2, 0.25) is 11.8 Å². The highest BCUT2D eigenvalue weighted by atomic mass is 16.4. The summed E-state index contributed by atoms with van der Waals surface area (Å²) in [6, 6.07) is 9.85. The van der Waals surface area contributed by atoms with Gasteiger partial charge in [-0.05, 0) is 37.0 Å². The van der Waals surface area contributed by atoms with Gasteiger partial charge in [0.05, 0.1) is 5.52 Å². The van der Waals surface area contributed by atoms with Crippen LogP contribution in [0.2, 0.25) is 0 Å². The normalized spacial score (nSPS) is 18.8. The van der Waals surface area contributed by atoms with Crippen molar-refractivity contribution in [1.82, 2.24) is 15.2 Å². The van der Waals surface area contributed by atoms with E-state index < -0.39 is 11.5 Å². The lowest BCUT2D eigenvalue weighted by Crippen LogP contribution is -2.43. The molecule has 1 aliphatic heterocycles. The van der Waals surface area contributed by atoms with Gasteiger partial charge in [-0.1, -0.05) is 18.2 Å². The van der Waals surface area contributed by atoms with Crippen LogP contribution >= 0.6 is 0 Å². The Bertz CT molecular complexity index is 898. The number of hydrogen-bond donors (Lipinski definition) is 2. The Labute approximate surface area is 163 Å². The quantitative estimate of drug-likeness (QED) is 0.730. The van der Waals surface area contributed by atoms with Gasteiger partial charge in [0.15, 0.2) is 0 Å². The summed E-state index contributed by atoms with van der Waals surface area (Å²) in [5, 5.41) is 12.9. The average molecular weight is 383 g/mol. The van der Waals surface area contributed by atoms with Crippen LogP contribution in [0.3, 0.4) is 0 Å². The van der Waals surface area contributed by atoms with Crippen molar-refractivity contribution in [2.24, 2.45) is 0 Å². The van der Waals surface area contributed by atoms with Gasteiger partial charge in [-0.15, -0.1) is 0 Å². The summed E-state index contributed by atoms with van der Waals surface area (Å²) >= 11 is 0. The molecule has 1 fully saturated rings. The molecule has 2 N–H and O–H groups in total. The minimum absolute atomic E-state index is 0.0208. The second kappa shape index (κ2) is 8.37. The standard InChI is InChI=1S/C21H25N3O4/c1-24(14-15-12-16-4-2-3-5-17(16)22-13-15)19(26)7-10-21(11-8-20(27)28)9-6-18(25)23-21/h2-5,12-13H,6-11,14H2,1H3,(H,23,25)(H,27,28). The maximum Gasteiger partial charge on any atom is 0.303 e. The number of nitrogens with zero attached hydrogens (tertiary/aromatic N) is 2. The molecule has 1 aromatic heterocycles. The summed E-state index contributed by atoms with van der Waals surface area (Å²) in [7, 11) is 1.74. The van der Waals surface area contributed by atoms with Crippen LogP contribution in [0.15, 0.2) is 36.5 Å². The molecule has 0 spiro atoms. The number of nitrogens with one attached hydrogen (secondary N) is 1. The molecule has 0 saturated carbocycles. The molecule has 3 rings (SSSR count). The largest absolute Gasteiger partial charge is 0.481 e. The zero-order chi connectivity index (χ0) is 20.1. The van der Waals surface area contributed by atoms with E-state index in [1.54, 1.807) is 18.1 Å². The summed E-state index contributed by atoms with van der Waals surface area (Å²) in [6.45, 7) is 0.450. The first-order valence-electron chi connectivity index (χ1n) is 9.47. The molecular weight excluding hydrogens is 358 g/mol. The molecule has 1 aromatic carbocycles. The first-order chi connectivity index (χ1) is 13.4. The van der Waals surface area contributed by atoms with Gasteiger partial charge in [-0.2, -0.15) is 0 Å². The number of amides is 2. The Morgan fingerprint density at radius 3 is 2.71 bits per heavy atom. The van der Waals surface area contributed by atoms with Crippen molar-refractivity contribution < 1.29 is 19.5 Å². The highest BCUT2D eigenvalue weighted by molar-refractivity contribution is 5.81. The molecular formula is C21H25N3O4. The van der Waals surface area contributed by atoms with E-state index in [1.807, 2.05) is 30.3 Å². The molecule has 0 bridgehead atoms. The monoisotopic (exact) mass is 383 g/mol. The molecule has 1 unspecified atom stereocenters. The molecule has 1 aliphatic rings. The molecule has 28 heavy (non-hydrogen) atoms. The molecule has 148 valence electrons. The smallest absolute Gasteiger partial charge is 0.303 e. The van der Waals surface area contributed by atoms with Gasteiger partial charge in [-0.3, -0.25) is 19.4 Å². The number of carboxylic acid groups (broad SMARTS) is 1. The average Bonchev–Trinajstić information content (AvgIpc) is 3.05. The zero-order valence-electron chi connectivity index (χ0n) is 16.0. The molecule has 1 atom stereocenters. The number of hydrogen-bond acceptors (Lipinski definition) is 4. The van der Waals surface area contributed by atoms with E-state index in [4.69, 9.17) is 5.11 Å². The van der Waals surface area contributed by atoms with Crippen molar-refractivity contribution in [2.45, 2.75) is 50.6 Å². The van der Waals surface area contributed by atoms with Gasteiger partial charge in [-0.25, -0.2) is 0 Å². The highest BCUT2D eigenvalue weighted by Gasteiger charge is 2.38. The van der Waals surface area contributed by atoms with Crippen molar-refractivity contribution in [1.29, 1.82) is 0 Å². The van der Waals surface area contributed by atoms with E-state index in [1.165, 1.54) is 0 Å². The predicted molar refractivity (Wildman–Crippen MR) is 104 cm³/mol. The third-order valence-electron chi connectivity index (χ3n) is 5.36. The molecule has 2 aromatic rings. The summed E-state index contributed by atoms with van der Waals surface area (Å²) in [6.07, 6.45) is 3.77.